The lowest BCUT2D eigenvalue weighted by Gasteiger charge is -2.10. The fourth-order valence-corrected chi connectivity index (χ4v) is 4.31. The van der Waals surface area contributed by atoms with Crippen molar-refractivity contribution in [1.82, 2.24) is 5.32 Å². The second-order valence-electron chi connectivity index (χ2n) is 6.90. The molecule has 0 fully saturated rings. The van der Waals surface area contributed by atoms with Crippen LogP contribution in [-0.2, 0) is 16.5 Å². The average molecular weight is 475 g/mol. The van der Waals surface area contributed by atoms with Crippen molar-refractivity contribution in [3.05, 3.63) is 98.6 Å². The molecule has 0 atom stereocenters. The molecule has 0 bridgehead atoms. The molecule has 3 aromatic carbocycles. The van der Waals surface area contributed by atoms with E-state index in [-0.39, 0.29) is 22.2 Å². The first-order chi connectivity index (χ1) is 15.2. The number of nitrogens with one attached hydrogen (secondary N) is 1. The van der Waals surface area contributed by atoms with Crippen LogP contribution < -0.4 is 9.50 Å². The molecule has 3 aromatic rings. The van der Waals surface area contributed by atoms with Crippen molar-refractivity contribution >= 4 is 33.3 Å². The van der Waals surface area contributed by atoms with Gasteiger partial charge in [0.25, 0.3) is 11.6 Å². The Hall–Kier alpha value is -3.43. The molecule has 8 nitrogen and oxygen atoms in total. The molecular weight excluding hydrogens is 456 g/mol. The summed E-state index contributed by atoms with van der Waals surface area (Å²) < 4.78 is 30.3. The number of benzene rings is 3. The average Bonchev–Trinajstić information content (AvgIpc) is 2.74. The second-order valence-corrected chi connectivity index (χ2v) is 8.86. The highest BCUT2D eigenvalue weighted by atomic mass is 35.5. The number of carbonyl (C=O) groups is 1. The first kappa shape index (κ1) is 23.2. The van der Waals surface area contributed by atoms with Gasteiger partial charge in [0.15, 0.2) is 0 Å². The van der Waals surface area contributed by atoms with Crippen LogP contribution in [0.1, 0.15) is 21.5 Å². The number of carbonyl (C=O) groups excluding carboxylic acids is 1. The zero-order chi connectivity index (χ0) is 23.3. The van der Waals surface area contributed by atoms with Crippen molar-refractivity contribution < 1.29 is 22.3 Å². The highest BCUT2D eigenvalue weighted by Gasteiger charge is 2.23. The van der Waals surface area contributed by atoms with Crippen LogP contribution in [-0.4, -0.2) is 25.8 Å². The molecule has 0 aliphatic heterocycles. The summed E-state index contributed by atoms with van der Waals surface area (Å²) in [7, 11) is -4.30. The summed E-state index contributed by atoms with van der Waals surface area (Å²) in [6, 6.07) is 16.4. The number of amides is 1. The molecule has 0 saturated carbocycles. The largest absolute Gasteiger partial charge is 0.379 e. The SMILES string of the molecule is Cc1ccc([N+](=O)[O-])cc1S(=O)(=O)Oc1ccc(C(=O)NCCc2cccc(Cl)c2)cc1. The fourth-order valence-electron chi connectivity index (χ4n) is 2.92. The van der Waals surface area contributed by atoms with Gasteiger partial charge in [-0.05, 0) is 60.9 Å². The second kappa shape index (κ2) is 9.80. The van der Waals surface area contributed by atoms with Crippen molar-refractivity contribution in [2.45, 2.75) is 18.2 Å². The molecule has 0 radical (unpaired) electrons. The Balaban J connectivity index is 1.64. The summed E-state index contributed by atoms with van der Waals surface area (Å²) in [6.07, 6.45) is 0.605. The van der Waals surface area contributed by atoms with Crippen LogP contribution in [0, 0.1) is 17.0 Å². The highest BCUT2D eigenvalue weighted by molar-refractivity contribution is 7.87. The van der Waals surface area contributed by atoms with Crippen LogP contribution in [0.4, 0.5) is 5.69 Å². The molecule has 166 valence electrons. The Kier molecular flexibility index (Phi) is 7.12. The van der Waals surface area contributed by atoms with E-state index in [9.17, 15) is 23.3 Å². The molecule has 1 amide bonds. The molecule has 0 unspecified atom stereocenters. The van der Waals surface area contributed by atoms with Gasteiger partial charge in [0, 0.05) is 29.3 Å². The number of aryl methyl sites for hydroxylation is 1. The minimum absolute atomic E-state index is 0.0219. The molecule has 0 aromatic heterocycles. The van der Waals surface area contributed by atoms with E-state index < -0.39 is 15.0 Å². The zero-order valence-corrected chi connectivity index (χ0v) is 18.5. The van der Waals surface area contributed by atoms with Crippen molar-refractivity contribution in [2.75, 3.05) is 6.54 Å². The van der Waals surface area contributed by atoms with Gasteiger partial charge in [-0.25, -0.2) is 0 Å². The maximum absolute atomic E-state index is 12.6. The van der Waals surface area contributed by atoms with Gasteiger partial charge in [0.1, 0.15) is 10.6 Å². The van der Waals surface area contributed by atoms with Gasteiger partial charge < -0.3 is 9.50 Å². The Morgan fingerprint density at radius 3 is 2.47 bits per heavy atom. The smallest absolute Gasteiger partial charge is 0.339 e. The summed E-state index contributed by atoms with van der Waals surface area (Å²) in [4.78, 5) is 22.3. The summed E-state index contributed by atoms with van der Waals surface area (Å²) in [5.74, 6) is -0.345. The monoisotopic (exact) mass is 474 g/mol. The molecule has 0 heterocycles. The Morgan fingerprint density at radius 1 is 1.09 bits per heavy atom. The van der Waals surface area contributed by atoms with Gasteiger partial charge in [0.2, 0.25) is 0 Å². The van der Waals surface area contributed by atoms with E-state index in [0.717, 1.165) is 11.6 Å². The minimum atomic E-state index is -4.30. The van der Waals surface area contributed by atoms with Crippen LogP contribution in [0.15, 0.2) is 71.6 Å². The van der Waals surface area contributed by atoms with E-state index in [0.29, 0.717) is 29.1 Å². The van der Waals surface area contributed by atoms with Gasteiger partial charge >= 0.3 is 10.1 Å². The third kappa shape index (κ3) is 5.83. The Labute approximate surface area is 190 Å². The number of nitro benzene ring substituents is 1. The van der Waals surface area contributed by atoms with Crippen LogP contribution >= 0.6 is 11.6 Å². The standard InChI is InChI=1S/C22H19ClN2O6S/c1-15-5-8-19(25(27)28)14-21(15)32(29,30)31-20-9-6-17(7-10-20)22(26)24-12-11-16-3-2-4-18(23)13-16/h2-10,13-14H,11-12H2,1H3,(H,24,26). The summed E-state index contributed by atoms with van der Waals surface area (Å²) in [6.45, 7) is 1.91. The van der Waals surface area contributed by atoms with Gasteiger partial charge in [-0.3, -0.25) is 14.9 Å². The molecule has 0 spiro atoms. The number of hydrogen-bond donors (Lipinski definition) is 1. The first-order valence-corrected chi connectivity index (χ1v) is 11.3. The first-order valence-electron chi connectivity index (χ1n) is 9.48. The van der Waals surface area contributed by atoms with Crippen LogP contribution in [0.2, 0.25) is 5.02 Å². The lowest BCUT2D eigenvalue weighted by molar-refractivity contribution is -0.385. The van der Waals surface area contributed by atoms with E-state index in [1.807, 2.05) is 18.2 Å². The van der Waals surface area contributed by atoms with Crippen LogP contribution in [0.5, 0.6) is 5.75 Å². The Morgan fingerprint density at radius 2 is 1.81 bits per heavy atom. The summed E-state index contributed by atoms with van der Waals surface area (Å²) in [5.41, 5.74) is 1.27. The lowest BCUT2D eigenvalue weighted by atomic mass is 10.1. The Bertz CT molecular complexity index is 1260. The third-order valence-corrected chi connectivity index (χ3v) is 6.19. The van der Waals surface area contributed by atoms with Gasteiger partial charge in [0.05, 0.1) is 4.92 Å². The molecule has 3 rings (SSSR count). The minimum Gasteiger partial charge on any atom is -0.379 e. The van der Waals surface area contributed by atoms with Crippen molar-refractivity contribution in [3.8, 4) is 5.75 Å². The predicted octanol–water partition coefficient (Wildman–Crippen LogP) is 4.30. The van der Waals surface area contributed by atoms with Crippen molar-refractivity contribution in [2.24, 2.45) is 0 Å². The number of nitro groups is 1. The molecule has 0 aliphatic carbocycles. The third-order valence-electron chi connectivity index (χ3n) is 4.56. The van der Waals surface area contributed by atoms with Crippen LogP contribution in [0.25, 0.3) is 0 Å². The van der Waals surface area contributed by atoms with Gasteiger partial charge in [-0.1, -0.05) is 29.8 Å². The molecule has 32 heavy (non-hydrogen) atoms. The van der Waals surface area contributed by atoms with Gasteiger partial charge in [-0.15, -0.1) is 0 Å². The van der Waals surface area contributed by atoms with E-state index in [1.165, 1.54) is 43.3 Å². The molecule has 1 N–H and O–H groups in total. The predicted molar refractivity (Wildman–Crippen MR) is 120 cm³/mol. The van der Waals surface area contributed by atoms with E-state index in [2.05, 4.69) is 5.32 Å². The highest BCUT2D eigenvalue weighted by Crippen LogP contribution is 2.25. The molecular formula is C22H19ClN2O6S. The maximum Gasteiger partial charge on any atom is 0.339 e. The van der Waals surface area contributed by atoms with Crippen molar-refractivity contribution in [3.63, 3.8) is 0 Å². The molecule has 10 heteroatoms. The maximum atomic E-state index is 12.6. The van der Waals surface area contributed by atoms with Crippen molar-refractivity contribution in [1.29, 1.82) is 0 Å². The number of non-ortho nitro benzene ring substituents is 1. The van der Waals surface area contributed by atoms with E-state index >= 15 is 0 Å². The van der Waals surface area contributed by atoms with E-state index in [4.69, 9.17) is 15.8 Å². The normalized spacial score (nSPS) is 11.1. The zero-order valence-electron chi connectivity index (χ0n) is 16.9. The van der Waals surface area contributed by atoms with Crippen LogP contribution in [0.3, 0.4) is 0 Å². The quantitative estimate of drug-likeness (QED) is 0.295. The topological polar surface area (TPSA) is 116 Å². The number of nitrogens with zero attached hydrogens (tertiary/aromatic N) is 1. The number of hydrogen-bond acceptors (Lipinski definition) is 6. The summed E-state index contributed by atoms with van der Waals surface area (Å²) >= 11 is 5.94. The molecule has 0 saturated heterocycles. The lowest BCUT2D eigenvalue weighted by Crippen LogP contribution is -2.25. The van der Waals surface area contributed by atoms with Gasteiger partial charge in [-0.2, -0.15) is 8.42 Å². The fraction of sp³-hybridized carbons (Fsp3) is 0.136. The summed E-state index contributed by atoms with van der Waals surface area (Å²) in [5, 5.41) is 14.4. The number of halogens is 1. The molecule has 0 aliphatic rings. The van der Waals surface area contributed by atoms with E-state index in [1.54, 1.807) is 6.07 Å². The number of rotatable bonds is 8.